The fraction of sp³-hybridized carbons (Fsp3) is 1.00. The van der Waals surface area contributed by atoms with Gasteiger partial charge in [0, 0.05) is 6.54 Å². The van der Waals surface area contributed by atoms with Crippen molar-refractivity contribution in [2.24, 2.45) is 0 Å². The van der Waals surface area contributed by atoms with Crippen LogP contribution < -0.4 is 5.32 Å². The van der Waals surface area contributed by atoms with Crippen molar-refractivity contribution in [2.75, 3.05) is 45.9 Å². The van der Waals surface area contributed by atoms with Crippen LogP contribution in [0.15, 0.2) is 0 Å². The molecule has 2 aliphatic heterocycles. The average Bonchev–Trinajstić information content (AvgIpc) is 2.83. The third-order valence-electron chi connectivity index (χ3n) is 3.23. The molecule has 2 saturated heterocycles. The summed E-state index contributed by atoms with van der Waals surface area (Å²) in [5, 5.41) is 3.40. The molecule has 0 bridgehead atoms. The van der Waals surface area contributed by atoms with Crippen LogP contribution in [0.4, 0.5) is 0 Å². The second-order valence-electron chi connectivity index (χ2n) is 4.63. The first-order valence-corrected chi connectivity index (χ1v) is 6.61. The van der Waals surface area contributed by atoms with E-state index in [0.29, 0.717) is 0 Å². The SMILES string of the molecule is C1COC(CNCCCN2CCCC2)OC1. The summed E-state index contributed by atoms with van der Waals surface area (Å²) in [6, 6.07) is 0. The van der Waals surface area contributed by atoms with Gasteiger partial charge >= 0.3 is 0 Å². The van der Waals surface area contributed by atoms with Crippen LogP contribution in [0.1, 0.15) is 25.7 Å². The smallest absolute Gasteiger partial charge is 0.169 e. The van der Waals surface area contributed by atoms with Crippen LogP contribution in [0.25, 0.3) is 0 Å². The molecule has 0 atom stereocenters. The van der Waals surface area contributed by atoms with E-state index >= 15 is 0 Å². The zero-order chi connectivity index (χ0) is 11.1. The summed E-state index contributed by atoms with van der Waals surface area (Å²) in [7, 11) is 0. The van der Waals surface area contributed by atoms with Gasteiger partial charge in [-0.05, 0) is 51.9 Å². The minimum Gasteiger partial charge on any atom is -0.351 e. The highest BCUT2D eigenvalue weighted by Crippen LogP contribution is 2.07. The monoisotopic (exact) mass is 228 g/mol. The molecule has 0 aromatic heterocycles. The number of likely N-dealkylation sites (tertiary alicyclic amines) is 1. The van der Waals surface area contributed by atoms with Gasteiger partial charge in [-0.3, -0.25) is 0 Å². The predicted molar refractivity (Wildman–Crippen MR) is 63.5 cm³/mol. The quantitative estimate of drug-likeness (QED) is 0.683. The number of hydrogen-bond acceptors (Lipinski definition) is 4. The Labute approximate surface area is 98.3 Å². The molecule has 0 saturated carbocycles. The summed E-state index contributed by atoms with van der Waals surface area (Å²) in [6.07, 6.45) is 5.02. The summed E-state index contributed by atoms with van der Waals surface area (Å²) >= 11 is 0. The molecule has 0 unspecified atom stereocenters. The Hall–Kier alpha value is -0.160. The second kappa shape index (κ2) is 7.22. The molecule has 0 aromatic rings. The number of nitrogens with zero attached hydrogens (tertiary/aromatic N) is 1. The molecule has 4 heteroatoms. The lowest BCUT2D eigenvalue weighted by Gasteiger charge is -2.23. The van der Waals surface area contributed by atoms with Gasteiger partial charge in [0.25, 0.3) is 0 Å². The molecule has 4 nitrogen and oxygen atoms in total. The maximum absolute atomic E-state index is 5.46. The average molecular weight is 228 g/mol. The van der Waals surface area contributed by atoms with E-state index in [2.05, 4.69) is 10.2 Å². The van der Waals surface area contributed by atoms with Crippen molar-refractivity contribution >= 4 is 0 Å². The number of hydrogen-bond donors (Lipinski definition) is 1. The lowest BCUT2D eigenvalue weighted by atomic mass is 10.4. The van der Waals surface area contributed by atoms with Crippen LogP contribution in [0, 0.1) is 0 Å². The van der Waals surface area contributed by atoms with Crippen LogP contribution in [-0.2, 0) is 9.47 Å². The standard InChI is InChI=1S/C12H24N2O2/c1-2-7-14(6-1)8-3-5-13-11-12-15-9-4-10-16-12/h12-13H,1-11H2. The van der Waals surface area contributed by atoms with Gasteiger partial charge in [-0.2, -0.15) is 0 Å². The molecule has 94 valence electrons. The minimum absolute atomic E-state index is 0.0134. The van der Waals surface area contributed by atoms with Crippen molar-refractivity contribution in [1.29, 1.82) is 0 Å². The van der Waals surface area contributed by atoms with Gasteiger partial charge in [-0.25, -0.2) is 0 Å². The fourth-order valence-corrected chi connectivity index (χ4v) is 2.31. The van der Waals surface area contributed by atoms with Crippen LogP contribution >= 0.6 is 0 Å². The number of ether oxygens (including phenoxy) is 2. The molecule has 16 heavy (non-hydrogen) atoms. The van der Waals surface area contributed by atoms with E-state index < -0.39 is 0 Å². The first-order chi connectivity index (χ1) is 7.95. The maximum Gasteiger partial charge on any atom is 0.169 e. The topological polar surface area (TPSA) is 33.7 Å². The van der Waals surface area contributed by atoms with E-state index in [1.54, 1.807) is 0 Å². The van der Waals surface area contributed by atoms with Crippen molar-refractivity contribution in [3.63, 3.8) is 0 Å². The molecule has 1 N–H and O–H groups in total. The van der Waals surface area contributed by atoms with E-state index in [9.17, 15) is 0 Å². The Balaban J connectivity index is 1.42. The van der Waals surface area contributed by atoms with E-state index in [-0.39, 0.29) is 6.29 Å². The van der Waals surface area contributed by atoms with Crippen molar-refractivity contribution in [3.05, 3.63) is 0 Å². The van der Waals surface area contributed by atoms with Crippen molar-refractivity contribution < 1.29 is 9.47 Å². The second-order valence-corrected chi connectivity index (χ2v) is 4.63. The normalized spacial score (nSPS) is 24.0. The molecular formula is C12H24N2O2. The fourth-order valence-electron chi connectivity index (χ4n) is 2.31. The van der Waals surface area contributed by atoms with Crippen molar-refractivity contribution in [2.45, 2.75) is 32.0 Å². The van der Waals surface area contributed by atoms with Gasteiger partial charge in [-0.15, -0.1) is 0 Å². The van der Waals surface area contributed by atoms with Crippen LogP contribution in [0.5, 0.6) is 0 Å². The highest BCUT2D eigenvalue weighted by atomic mass is 16.7. The number of nitrogens with one attached hydrogen (secondary N) is 1. The summed E-state index contributed by atoms with van der Waals surface area (Å²) < 4.78 is 10.9. The summed E-state index contributed by atoms with van der Waals surface area (Å²) in [4.78, 5) is 2.55. The molecule has 0 aromatic carbocycles. The van der Waals surface area contributed by atoms with E-state index in [1.165, 1.54) is 38.9 Å². The van der Waals surface area contributed by atoms with Crippen molar-refractivity contribution in [3.8, 4) is 0 Å². The predicted octanol–water partition coefficient (Wildman–Crippen LogP) is 0.825. The first-order valence-electron chi connectivity index (χ1n) is 6.61. The lowest BCUT2D eigenvalue weighted by molar-refractivity contribution is -0.175. The molecule has 0 radical (unpaired) electrons. The summed E-state index contributed by atoms with van der Waals surface area (Å²) in [5.41, 5.74) is 0. The van der Waals surface area contributed by atoms with Crippen LogP contribution in [0.3, 0.4) is 0 Å². The van der Waals surface area contributed by atoms with Gasteiger partial charge < -0.3 is 19.7 Å². The Morgan fingerprint density at radius 3 is 2.56 bits per heavy atom. The zero-order valence-corrected chi connectivity index (χ0v) is 10.1. The van der Waals surface area contributed by atoms with Gasteiger partial charge in [0.1, 0.15) is 0 Å². The summed E-state index contributed by atoms with van der Waals surface area (Å²) in [5.74, 6) is 0. The van der Waals surface area contributed by atoms with Gasteiger partial charge in [-0.1, -0.05) is 0 Å². The van der Waals surface area contributed by atoms with Crippen molar-refractivity contribution in [1.82, 2.24) is 10.2 Å². The number of rotatable bonds is 6. The van der Waals surface area contributed by atoms with E-state index in [0.717, 1.165) is 32.7 Å². The Kier molecular flexibility index (Phi) is 5.55. The largest absolute Gasteiger partial charge is 0.351 e. The van der Waals surface area contributed by atoms with Crippen LogP contribution in [-0.4, -0.2) is 57.1 Å². The minimum atomic E-state index is -0.0134. The molecule has 0 spiro atoms. The van der Waals surface area contributed by atoms with Gasteiger partial charge in [0.05, 0.1) is 13.2 Å². The third-order valence-corrected chi connectivity index (χ3v) is 3.23. The van der Waals surface area contributed by atoms with E-state index in [4.69, 9.17) is 9.47 Å². The molecule has 2 fully saturated rings. The molecule has 0 aliphatic carbocycles. The van der Waals surface area contributed by atoms with Crippen LogP contribution in [0.2, 0.25) is 0 Å². The summed E-state index contributed by atoms with van der Waals surface area (Å²) in [6.45, 7) is 7.43. The van der Waals surface area contributed by atoms with Gasteiger partial charge in [0.15, 0.2) is 6.29 Å². The van der Waals surface area contributed by atoms with Gasteiger partial charge in [0.2, 0.25) is 0 Å². The Morgan fingerprint density at radius 1 is 1.06 bits per heavy atom. The Morgan fingerprint density at radius 2 is 1.81 bits per heavy atom. The highest BCUT2D eigenvalue weighted by Gasteiger charge is 2.13. The molecule has 2 heterocycles. The third kappa shape index (κ3) is 4.37. The first kappa shape index (κ1) is 12.3. The molecule has 2 rings (SSSR count). The molecule has 0 amide bonds. The maximum atomic E-state index is 5.46. The Bertz CT molecular complexity index is 178. The highest BCUT2D eigenvalue weighted by molar-refractivity contribution is 4.66. The molecular weight excluding hydrogens is 204 g/mol. The van der Waals surface area contributed by atoms with E-state index in [1.807, 2.05) is 0 Å². The molecule has 2 aliphatic rings. The zero-order valence-electron chi connectivity index (χ0n) is 10.1. The lowest BCUT2D eigenvalue weighted by Crippen LogP contribution is -2.36.